The van der Waals surface area contributed by atoms with Crippen molar-refractivity contribution in [2.75, 3.05) is 4.90 Å². The Morgan fingerprint density at radius 2 is 0.854 bits per heavy atom. The lowest BCUT2D eigenvalue weighted by atomic mass is 9.97. The number of furan rings is 1. The molecule has 0 saturated carbocycles. The minimum atomic E-state index is 0.864. The van der Waals surface area contributed by atoms with E-state index in [4.69, 9.17) is 4.42 Å². The average Bonchev–Trinajstić information content (AvgIpc) is 3.54. The minimum Gasteiger partial charge on any atom is -0.455 e. The van der Waals surface area contributed by atoms with Crippen molar-refractivity contribution in [2.24, 2.45) is 0 Å². The molecule has 2 nitrogen and oxygen atoms in total. The van der Waals surface area contributed by atoms with Crippen molar-refractivity contribution in [2.45, 2.75) is 0 Å². The predicted octanol–water partition coefficient (Wildman–Crippen LogP) is 13.2. The normalized spacial score (nSPS) is 11.3. The SMILES string of the molecule is c1ccc(-c2ccc(N(c3ccc(-c4ccccc4)cc3)c3cc4oc5c6ccccc6ccc5c4cc3-c3ccccc3)cc2)cc1. The molecule has 0 fully saturated rings. The fraction of sp³-hybridized carbons (Fsp3) is 0. The van der Waals surface area contributed by atoms with E-state index in [1.54, 1.807) is 0 Å². The highest BCUT2D eigenvalue weighted by molar-refractivity contribution is 6.16. The van der Waals surface area contributed by atoms with Gasteiger partial charge in [0, 0.05) is 39.2 Å². The Hall–Kier alpha value is -6.38. The lowest BCUT2D eigenvalue weighted by Gasteiger charge is -2.28. The first kappa shape index (κ1) is 27.9. The third-order valence-electron chi connectivity index (χ3n) is 9.27. The number of benzene rings is 8. The predicted molar refractivity (Wildman–Crippen MR) is 202 cm³/mol. The fourth-order valence-electron chi connectivity index (χ4n) is 6.87. The van der Waals surface area contributed by atoms with Gasteiger partial charge in [0.25, 0.3) is 0 Å². The van der Waals surface area contributed by atoms with Crippen LogP contribution in [-0.4, -0.2) is 0 Å². The Kier molecular flexibility index (Phi) is 6.84. The van der Waals surface area contributed by atoms with Crippen LogP contribution in [0.1, 0.15) is 0 Å². The maximum absolute atomic E-state index is 6.75. The molecule has 0 aliphatic heterocycles. The molecular weight excluding hydrogens is 583 g/mol. The summed E-state index contributed by atoms with van der Waals surface area (Å²) >= 11 is 0. The molecule has 0 radical (unpaired) electrons. The van der Waals surface area contributed by atoms with E-state index in [9.17, 15) is 0 Å². The number of hydrogen-bond acceptors (Lipinski definition) is 2. The van der Waals surface area contributed by atoms with Gasteiger partial charge in [0.2, 0.25) is 0 Å². The highest BCUT2D eigenvalue weighted by atomic mass is 16.3. The van der Waals surface area contributed by atoms with E-state index in [0.717, 1.165) is 55.5 Å². The summed E-state index contributed by atoms with van der Waals surface area (Å²) < 4.78 is 6.75. The monoisotopic (exact) mass is 613 g/mol. The number of nitrogens with zero attached hydrogens (tertiary/aromatic N) is 1. The van der Waals surface area contributed by atoms with Gasteiger partial charge in [-0.3, -0.25) is 0 Å². The zero-order valence-electron chi connectivity index (χ0n) is 26.3. The van der Waals surface area contributed by atoms with E-state index in [2.05, 4.69) is 193 Å². The van der Waals surface area contributed by atoms with Gasteiger partial charge in [0.05, 0.1) is 5.69 Å². The molecule has 1 heterocycles. The molecule has 226 valence electrons. The molecule has 9 aromatic rings. The topological polar surface area (TPSA) is 16.4 Å². The molecule has 0 amide bonds. The molecule has 2 heteroatoms. The zero-order valence-corrected chi connectivity index (χ0v) is 26.3. The third kappa shape index (κ3) is 4.92. The Balaban J connectivity index is 1.28. The Bertz CT molecular complexity index is 2430. The minimum absolute atomic E-state index is 0.864. The molecule has 0 aliphatic carbocycles. The van der Waals surface area contributed by atoms with Crippen LogP contribution >= 0.6 is 0 Å². The molecular formula is C46H31NO. The van der Waals surface area contributed by atoms with Crippen LogP contribution in [0, 0.1) is 0 Å². The molecule has 48 heavy (non-hydrogen) atoms. The summed E-state index contributed by atoms with van der Waals surface area (Å²) in [6, 6.07) is 66.8. The lowest BCUT2D eigenvalue weighted by Crippen LogP contribution is -2.11. The Morgan fingerprint density at radius 1 is 0.354 bits per heavy atom. The fourth-order valence-corrected chi connectivity index (χ4v) is 6.87. The van der Waals surface area contributed by atoms with Crippen LogP contribution in [0.2, 0.25) is 0 Å². The third-order valence-corrected chi connectivity index (χ3v) is 9.27. The van der Waals surface area contributed by atoms with E-state index in [-0.39, 0.29) is 0 Å². The summed E-state index contributed by atoms with van der Waals surface area (Å²) in [6.07, 6.45) is 0. The van der Waals surface area contributed by atoms with Crippen molar-refractivity contribution in [1.82, 2.24) is 0 Å². The first-order chi connectivity index (χ1) is 23.8. The molecule has 0 spiro atoms. The first-order valence-electron chi connectivity index (χ1n) is 16.3. The van der Waals surface area contributed by atoms with Gasteiger partial charge in [-0.1, -0.05) is 146 Å². The average molecular weight is 614 g/mol. The van der Waals surface area contributed by atoms with Gasteiger partial charge >= 0.3 is 0 Å². The molecule has 0 saturated heterocycles. The number of fused-ring (bicyclic) bond motifs is 5. The summed E-state index contributed by atoms with van der Waals surface area (Å²) in [5.74, 6) is 0. The number of rotatable bonds is 6. The van der Waals surface area contributed by atoms with E-state index in [1.807, 2.05) is 0 Å². The molecule has 9 rings (SSSR count). The van der Waals surface area contributed by atoms with Crippen LogP contribution in [0.4, 0.5) is 17.1 Å². The molecule has 0 N–H and O–H groups in total. The molecule has 8 aromatic carbocycles. The highest BCUT2D eigenvalue weighted by Crippen LogP contribution is 2.46. The van der Waals surface area contributed by atoms with Crippen molar-refractivity contribution in [3.05, 3.63) is 188 Å². The highest BCUT2D eigenvalue weighted by Gasteiger charge is 2.21. The van der Waals surface area contributed by atoms with Crippen molar-refractivity contribution < 1.29 is 4.42 Å². The maximum atomic E-state index is 6.75. The summed E-state index contributed by atoms with van der Waals surface area (Å²) in [5, 5.41) is 4.53. The zero-order chi connectivity index (χ0) is 31.9. The van der Waals surface area contributed by atoms with Gasteiger partial charge in [-0.15, -0.1) is 0 Å². The molecule has 0 bridgehead atoms. The van der Waals surface area contributed by atoms with Crippen LogP contribution in [-0.2, 0) is 0 Å². The largest absolute Gasteiger partial charge is 0.455 e. The Morgan fingerprint density at radius 3 is 1.44 bits per heavy atom. The molecule has 0 atom stereocenters. The summed E-state index contributed by atoms with van der Waals surface area (Å²) in [5.41, 5.74) is 12.0. The summed E-state index contributed by atoms with van der Waals surface area (Å²) in [7, 11) is 0. The first-order valence-corrected chi connectivity index (χ1v) is 16.3. The van der Waals surface area contributed by atoms with Crippen molar-refractivity contribution in [1.29, 1.82) is 0 Å². The van der Waals surface area contributed by atoms with Crippen molar-refractivity contribution >= 4 is 49.8 Å². The van der Waals surface area contributed by atoms with Gasteiger partial charge in [-0.05, 0) is 69.6 Å². The van der Waals surface area contributed by atoms with Gasteiger partial charge < -0.3 is 9.32 Å². The molecule has 0 aliphatic rings. The second kappa shape index (κ2) is 11.8. The van der Waals surface area contributed by atoms with Crippen LogP contribution < -0.4 is 4.90 Å². The van der Waals surface area contributed by atoms with E-state index < -0.39 is 0 Å². The van der Waals surface area contributed by atoms with Crippen molar-refractivity contribution in [3.63, 3.8) is 0 Å². The number of hydrogen-bond donors (Lipinski definition) is 0. The van der Waals surface area contributed by atoms with Gasteiger partial charge in [0.15, 0.2) is 0 Å². The van der Waals surface area contributed by atoms with Crippen LogP contribution in [0.3, 0.4) is 0 Å². The van der Waals surface area contributed by atoms with Crippen molar-refractivity contribution in [3.8, 4) is 33.4 Å². The molecule has 1 aromatic heterocycles. The van der Waals surface area contributed by atoms with Gasteiger partial charge in [0.1, 0.15) is 11.2 Å². The maximum Gasteiger partial charge on any atom is 0.143 e. The van der Waals surface area contributed by atoms with E-state index >= 15 is 0 Å². The second-order valence-corrected chi connectivity index (χ2v) is 12.2. The van der Waals surface area contributed by atoms with E-state index in [0.29, 0.717) is 0 Å². The number of anilines is 3. The van der Waals surface area contributed by atoms with Gasteiger partial charge in [-0.25, -0.2) is 0 Å². The van der Waals surface area contributed by atoms with Crippen LogP contribution in [0.25, 0.3) is 66.1 Å². The molecule has 0 unspecified atom stereocenters. The summed E-state index contributed by atoms with van der Waals surface area (Å²) in [6.45, 7) is 0. The van der Waals surface area contributed by atoms with E-state index in [1.165, 1.54) is 27.6 Å². The standard InChI is InChI=1S/C46H31NO/c1-4-12-32(13-5-1)34-20-25-38(26-21-34)47(39-27-22-35(23-28-39)33-14-6-2-7-15-33)44-31-45-43(30-42(44)36-16-8-3-9-17-36)41-29-24-37-18-10-11-19-40(37)46(41)48-45/h1-31H. The quantitative estimate of drug-likeness (QED) is 0.185. The Labute approximate surface area is 279 Å². The van der Waals surface area contributed by atoms with Crippen LogP contribution in [0.15, 0.2) is 192 Å². The smallest absolute Gasteiger partial charge is 0.143 e. The van der Waals surface area contributed by atoms with Gasteiger partial charge in [-0.2, -0.15) is 0 Å². The van der Waals surface area contributed by atoms with Crippen LogP contribution in [0.5, 0.6) is 0 Å². The lowest BCUT2D eigenvalue weighted by molar-refractivity contribution is 0.673. The second-order valence-electron chi connectivity index (χ2n) is 12.2. The summed E-state index contributed by atoms with van der Waals surface area (Å²) in [4.78, 5) is 2.36.